The number of hydrogen-bond acceptors (Lipinski definition) is 1. The van der Waals surface area contributed by atoms with E-state index in [1.807, 2.05) is 36.4 Å². The minimum Gasteiger partial charge on any atom is -0.456 e. The maximum atomic E-state index is 13.7. The molecule has 0 atom stereocenters. The Kier molecular flexibility index (Phi) is 4.13. The van der Waals surface area contributed by atoms with Crippen LogP contribution in [0.15, 0.2) is 59.1 Å². The van der Waals surface area contributed by atoms with E-state index in [0.29, 0.717) is 17.1 Å². The summed E-state index contributed by atoms with van der Waals surface area (Å²) in [5.41, 5.74) is 0.360. The van der Waals surface area contributed by atoms with Gasteiger partial charge in [0, 0.05) is 5.56 Å². The van der Waals surface area contributed by atoms with Crippen LogP contribution in [0.5, 0.6) is 11.5 Å². The highest BCUT2D eigenvalue weighted by molar-refractivity contribution is 9.10. The molecule has 0 N–H and O–H groups in total. The largest absolute Gasteiger partial charge is 0.456 e. The molecule has 0 heterocycles. The molecular weight excluding hydrogens is 355 g/mol. The van der Waals surface area contributed by atoms with Gasteiger partial charge >= 0.3 is 0 Å². The van der Waals surface area contributed by atoms with Crippen molar-refractivity contribution in [1.29, 1.82) is 0 Å². The molecule has 0 aliphatic carbocycles. The second-order valence-corrected chi connectivity index (χ2v) is 5.61. The number of fused-ring (bicyclic) bond motifs is 1. The summed E-state index contributed by atoms with van der Waals surface area (Å²) in [6.45, 7) is 0. The summed E-state index contributed by atoms with van der Waals surface area (Å²) in [5.74, 6) is 0.763. The molecule has 3 aromatic rings. The molecule has 4 heteroatoms. The Bertz CT molecular complexity index is 804. The quantitative estimate of drug-likeness (QED) is 0.497. The van der Waals surface area contributed by atoms with Crippen LogP contribution >= 0.6 is 27.5 Å². The zero-order chi connectivity index (χ0) is 14.8. The molecule has 3 aromatic carbocycles. The van der Waals surface area contributed by atoms with Gasteiger partial charge in [0.2, 0.25) is 0 Å². The Labute approximate surface area is 135 Å². The van der Waals surface area contributed by atoms with E-state index in [-0.39, 0.29) is 11.7 Å². The number of alkyl halides is 1. The molecule has 0 saturated heterocycles. The fourth-order valence-electron chi connectivity index (χ4n) is 2.18. The van der Waals surface area contributed by atoms with E-state index >= 15 is 0 Å². The van der Waals surface area contributed by atoms with Crippen LogP contribution in [-0.2, 0) is 5.88 Å². The number of halogens is 3. The van der Waals surface area contributed by atoms with Crippen LogP contribution in [0.3, 0.4) is 0 Å². The maximum Gasteiger partial charge on any atom is 0.142 e. The van der Waals surface area contributed by atoms with Gasteiger partial charge < -0.3 is 4.74 Å². The van der Waals surface area contributed by atoms with Crippen molar-refractivity contribution in [2.75, 3.05) is 0 Å². The van der Waals surface area contributed by atoms with E-state index in [0.717, 1.165) is 15.2 Å². The summed E-state index contributed by atoms with van der Waals surface area (Å²) in [6.07, 6.45) is 0. The van der Waals surface area contributed by atoms with Crippen LogP contribution in [-0.4, -0.2) is 0 Å². The lowest BCUT2D eigenvalue weighted by molar-refractivity contribution is 0.468. The minimum absolute atomic E-state index is 0.0627. The molecule has 0 fully saturated rings. The number of hydrogen-bond donors (Lipinski definition) is 0. The van der Waals surface area contributed by atoms with E-state index in [1.165, 1.54) is 6.07 Å². The van der Waals surface area contributed by atoms with Gasteiger partial charge in [-0.3, -0.25) is 0 Å². The van der Waals surface area contributed by atoms with E-state index in [4.69, 9.17) is 16.3 Å². The van der Waals surface area contributed by atoms with Gasteiger partial charge in [-0.1, -0.05) is 36.4 Å². The van der Waals surface area contributed by atoms with Crippen LogP contribution in [0.2, 0.25) is 0 Å². The smallest absolute Gasteiger partial charge is 0.142 e. The molecule has 0 amide bonds. The highest BCUT2D eigenvalue weighted by Crippen LogP contribution is 2.37. The molecule has 3 rings (SSSR count). The van der Waals surface area contributed by atoms with Gasteiger partial charge in [0.1, 0.15) is 17.3 Å². The summed E-state index contributed by atoms with van der Waals surface area (Å²) >= 11 is 9.36. The third-order valence-corrected chi connectivity index (χ3v) is 4.34. The average Bonchev–Trinajstić information content (AvgIpc) is 2.50. The van der Waals surface area contributed by atoms with E-state index in [2.05, 4.69) is 15.9 Å². The molecule has 0 aromatic heterocycles. The highest BCUT2D eigenvalue weighted by Gasteiger charge is 2.12. The first kappa shape index (κ1) is 14.4. The van der Waals surface area contributed by atoms with Gasteiger partial charge in [0.25, 0.3) is 0 Å². The topological polar surface area (TPSA) is 9.23 Å². The zero-order valence-electron chi connectivity index (χ0n) is 10.9. The molecule has 0 aliphatic rings. The van der Waals surface area contributed by atoms with Crippen molar-refractivity contribution in [2.24, 2.45) is 0 Å². The maximum absolute atomic E-state index is 13.7. The number of ether oxygens (including phenoxy) is 1. The highest BCUT2D eigenvalue weighted by atomic mass is 79.9. The van der Waals surface area contributed by atoms with Crippen molar-refractivity contribution in [2.45, 2.75) is 5.88 Å². The summed E-state index contributed by atoms with van der Waals surface area (Å²) in [6, 6.07) is 16.5. The van der Waals surface area contributed by atoms with Crippen molar-refractivity contribution in [1.82, 2.24) is 0 Å². The Balaban J connectivity index is 2.07. The third-order valence-electron chi connectivity index (χ3n) is 3.26. The molecule has 21 heavy (non-hydrogen) atoms. The lowest BCUT2D eigenvalue weighted by atomic mass is 10.1. The first-order chi connectivity index (χ1) is 10.2. The third kappa shape index (κ3) is 2.76. The Morgan fingerprint density at radius 2 is 1.76 bits per heavy atom. The second kappa shape index (κ2) is 6.04. The molecule has 106 valence electrons. The van der Waals surface area contributed by atoms with Gasteiger partial charge in [-0.15, -0.1) is 11.6 Å². The van der Waals surface area contributed by atoms with Crippen molar-refractivity contribution >= 4 is 38.3 Å². The van der Waals surface area contributed by atoms with Gasteiger partial charge in [0.05, 0.1) is 10.4 Å². The molecule has 1 nitrogen and oxygen atoms in total. The lowest BCUT2D eigenvalue weighted by Crippen LogP contribution is -1.94. The molecule has 0 saturated carbocycles. The summed E-state index contributed by atoms with van der Waals surface area (Å²) in [4.78, 5) is 0. The van der Waals surface area contributed by atoms with Gasteiger partial charge in [-0.25, -0.2) is 4.39 Å². The summed E-state index contributed by atoms with van der Waals surface area (Å²) in [7, 11) is 0. The lowest BCUT2D eigenvalue weighted by Gasteiger charge is -2.13. The summed E-state index contributed by atoms with van der Waals surface area (Å²) < 4.78 is 20.4. The predicted octanol–water partition coefficient (Wildman–Crippen LogP) is 6.27. The molecular formula is C17H11BrClFO. The zero-order valence-corrected chi connectivity index (χ0v) is 13.3. The van der Waals surface area contributed by atoms with Crippen molar-refractivity contribution in [3.05, 3.63) is 70.5 Å². The molecule has 0 spiro atoms. The SMILES string of the molecule is Fc1cccc(Oc2ccc3ccccc3c2Br)c1CCl. The van der Waals surface area contributed by atoms with Gasteiger partial charge in [0.15, 0.2) is 0 Å². The van der Waals surface area contributed by atoms with E-state index in [9.17, 15) is 4.39 Å². The fourth-order valence-corrected chi connectivity index (χ4v) is 3.01. The average molecular weight is 366 g/mol. The minimum atomic E-state index is -0.362. The molecule has 0 bridgehead atoms. The standard InChI is InChI=1S/C17H11BrClFO/c18-17-12-5-2-1-4-11(12)8-9-16(17)21-15-7-3-6-14(20)13(15)10-19/h1-9H,10H2. The van der Waals surface area contributed by atoms with Gasteiger partial charge in [-0.2, -0.15) is 0 Å². The second-order valence-electron chi connectivity index (χ2n) is 4.55. The van der Waals surface area contributed by atoms with Crippen molar-refractivity contribution in [3.63, 3.8) is 0 Å². The van der Waals surface area contributed by atoms with Crippen LogP contribution < -0.4 is 4.74 Å². The summed E-state index contributed by atoms with van der Waals surface area (Å²) in [5, 5.41) is 2.15. The fraction of sp³-hybridized carbons (Fsp3) is 0.0588. The van der Waals surface area contributed by atoms with Crippen LogP contribution in [0.25, 0.3) is 10.8 Å². The first-order valence-electron chi connectivity index (χ1n) is 6.39. The van der Waals surface area contributed by atoms with Gasteiger partial charge in [-0.05, 0) is 44.9 Å². The Morgan fingerprint density at radius 1 is 0.952 bits per heavy atom. The normalized spacial score (nSPS) is 10.8. The van der Waals surface area contributed by atoms with Crippen LogP contribution in [0, 0.1) is 5.82 Å². The number of benzene rings is 3. The Morgan fingerprint density at radius 3 is 2.57 bits per heavy atom. The van der Waals surface area contributed by atoms with Crippen LogP contribution in [0.4, 0.5) is 4.39 Å². The predicted molar refractivity (Wildman–Crippen MR) is 87.7 cm³/mol. The molecule has 0 aliphatic heterocycles. The van der Waals surface area contributed by atoms with E-state index in [1.54, 1.807) is 12.1 Å². The monoisotopic (exact) mass is 364 g/mol. The Hall–Kier alpha value is -1.58. The molecule has 0 unspecified atom stereocenters. The van der Waals surface area contributed by atoms with E-state index < -0.39 is 0 Å². The van der Waals surface area contributed by atoms with Crippen LogP contribution in [0.1, 0.15) is 5.56 Å². The van der Waals surface area contributed by atoms with Crippen molar-refractivity contribution < 1.29 is 9.13 Å². The number of rotatable bonds is 3. The van der Waals surface area contributed by atoms with Crippen molar-refractivity contribution in [3.8, 4) is 11.5 Å². The molecule has 0 radical (unpaired) electrons. The first-order valence-corrected chi connectivity index (χ1v) is 7.72.